The summed E-state index contributed by atoms with van der Waals surface area (Å²) in [6.45, 7) is 0. The Morgan fingerprint density at radius 1 is 1.04 bits per heavy atom. The van der Waals surface area contributed by atoms with Crippen molar-refractivity contribution >= 4 is 5.97 Å². The number of nitrogens with zero attached hydrogens (tertiary/aromatic N) is 2. The Morgan fingerprint density at radius 2 is 1.75 bits per heavy atom. The van der Waals surface area contributed by atoms with Crippen LogP contribution in [0.1, 0.15) is 15.9 Å². The van der Waals surface area contributed by atoms with E-state index in [1.54, 1.807) is 30.3 Å². The van der Waals surface area contributed by atoms with E-state index in [1.165, 1.54) is 30.5 Å². The number of carboxylic acid groups (broad SMARTS) is 1. The molecule has 3 rings (SSSR count). The molecule has 0 saturated heterocycles. The summed E-state index contributed by atoms with van der Waals surface area (Å²) in [6, 6.07) is 16.0. The van der Waals surface area contributed by atoms with Gasteiger partial charge < -0.3 is 5.11 Å². The van der Waals surface area contributed by atoms with E-state index >= 15 is 0 Å². The van der Waals surface area contributed by atoms with E-state index in [2.05, 4.69) is 11.1 Å². The van der Waals surface area contributed by atoms with Gasteiger partial charge >= 0.3 is 5.97 Å². The molecule has 0 fully saturated rings. The summed E-state index contributed by atoms with van der Waals surface area (Å²) >= 11 is 0. The lowest BCUT2D eigenvalue weighted by atomic mass is 9.97. The highest BCUT2D eigenvalue weighted by Crippen LogP contribution is 2.28. The highest BCUT2D eigenvalue weighted by molar-refractivity contribution is 5.89. The lowest BCUT2D eigenvalue weighted by Gasteiger charge is -2.08. The normalized spacial score (nSPS) is 10.2. The molecule has 0 unspecified atom stereocenters. The van der Waals surface area contributed by atoms with Gasteiger partial charge in [-0.15, -0.1) is 0 Å². The van der Waals surface area contributed by atoms with E-state index in [0.29, 0.717) is 22.4 Å². The molecule has 0 amide bonds. The zero-order valence-electron chi connectivity index (χ0n) is 12.4. The number of halogens is 1. The van der Waals surface area contributed by atoms with Gasteiger partial charge in [-0.05, 0) is 41.5 Å². The van der Waals surface area contributed by atoms with E-state index in [0.717, 1.165) is 5.56 Å². The lowest BCUT2D eigenvalue weighted by molar-refractivity contribution is 0.0697. The molecular weight excluding hydrogens is 307 g/mol. The van der Waals surface area contributed by atoms with Crippen molar-refractivity contribution in [3.63, 3.8) is 0 Å². The summed E-state index contributed by atoms with van der Waals surface area (Å²) in [7, 11) is 0. The highest BCUT2D eigenvalue weighted by atomic mass is 19.1. The van der Waals surface area contributed by atoms with Crippen LogP contribution >= 0.6 is 0 Å². The van der Waals surface area contributed by atoms with Crippen LogP contribution in [0.15, 0.2) is 60.8 Å². The van der Waals surface area contributed by atoms with Gasteiger partial charge in [-0.3, -0.25) is 4.98 Å². The minimum atomic E-state index is -1.04. The van der Waals surface area contributed by atoms with Crippen LogP contribution in [-0.2, 0) is 0 Å². The van der Waals surface area contributed by atoms with Gasteiger partial charge in [0.05, 0.1) is 22.9 Å². The molecule has 0 aliphatic heterocycles. The van der Waals surface area contributed by atoms with Gasteiger partial charge in [0, 0.05) is 11.8 Å². The third-order valence-electron chi connectivity index (χ3n) is 3.60. The maximum absolute atomic E-state index is 13.1. The fraction of sp³-hybridized carbons (Fsp3) is 0. The van der Waals surface area contributed by atoms with Crippen LogP contribution in [0.25, 0.3) is 22.4 Å². The molecule has 5 heteroatoms. The van der Waals surface area contributed by atoms with Crippen LogP contribution in [0.3, 0.4) is 0 Å². The summed E-state index contributed by atoms with van der Waals surface area (Å²) in [5.41, 5.74) is 3.04. The molecule has 3 aromatic rings. The van der Waals surface area contributed by atoms with Crippen LogP contribution in [0.4, 0.5) is 4.39 Å². The third kappa shape index (κ3) is 2.99. The molecule has 1 heterocycles. The van der Waals surface area contributed by atoms with Gasteiger partial charge in [0.1, 0.15) is 5.82 Å². The SMILES string of the molecule is N#Cc1cc(-c2cc(C(=O)O)ccn2)ccc1-c1ccc(F)cc1. The van der Waals surface area contributed by atoms with Crippen LogP contribution in [0, 0.1) is 17.1 Å². The molecule has 0 spiro atoms. The van der Waals surface area contributed by atoms with E-state index in [-0.39, 0.29) is 11.4 Å². The molecule has 24 heavy (non-hydrogen) atoms. The van der Waals surface area contributed by atoms with E-state index in [4.69, 9.17) is 5.11 Å². The molecule has 1 aromatic heterocycles. The second kappa shape index (κ2) is 6.31. The topological polar surface area (TPSA) is 74.0 Å². The summed E-state index contributed by atoms with van der Waals surface area (Å²) < 4.78 is 13.1. The number of nitriles is 1. The fourth-order valence-electron chi connectivity index (χ4n) is 2.40. The van der Waals surface area contributed by atoms with Crippen molar-refractivity contribution in [1.29, 1.82) is 5.26 Å². The van der Waals surface area contributed by atoms with Gasteiger partial charge in [-0.25, -0.2) is 9.18 Å². The fourth-order valence-corrected chi connectivity index (χ4v) is 2.40. The van der Waals surface area contributed by atoms with Gasteiger partial charge in [0.25, 0.3) is 0 Å². The molecule has 4 nitrogen and oxygen atoms in total. The zero-order valence-corrected chi connectivity index (χ0v) is 12.4. The third-order valence-corrected chi connectivity index (χ3v) is 3.60. The molecule has 0 saturated carbocycles. The van der Waals surface area contributed by atoms with Crippen LogP contribution in [0.5, 0.6) is 0 Å². The molecule has 0 bridgehead atoms. The van der Waals surface area contributed by atoms with E-state index in [1.807, 2.05) is 0 Å². The summed E-state index contributed by atoms with van der Waals surface area (Å²) in [6.07, 6.45) is 1.42. The Kier molecular flexibility index (Phi) is 4.04. The minimum absolute atomic E-state index is 0.126. The second-order valence-corrected chi connectivity index (χ2v) is 5.11. The predicted molar refractivity (Wildman–Crippen MR) is 86.7 cm³/mol. The van der Waals surface area contributed by atoms with E-state index in [9.17, 15) is 14.4 Å². The maximum Gasteiger partial charge on any atom is 0.335 e. The number of hydrogen-bond donors (Lipinski definition) is 1. The molecule has 2 aromatic carbocycles. The van der Waals surface area contributed by atoms with Gasteiger partial charge in [0.15, 0.2) is 0 Å². The van der Waals surface area contributed by atoms with Crippen molar-refractivity contribution in [3.05, 3.63) is 77.7 Å². The Hall–Kier alpha value is -3.52. The highest BCUT2D eigenvalue weighted by Gasteiger charge is 2.10. The number of carbonyl (C=O) groups is 1. The van der Waals surface area contributed by atoms with Crippen LogP contribution in [0.2, 0.25) is 0 Å². The predicted octanol–water partition coefficient (Wildman–Crippen LogP) is 4.12. The lowest BCUT2D eigenvalue weighted by Crippen LogP contribution is -1.97. The van der Waals surface area contributed by atoms with Crippen molar-refractivity contribution < 1.29 is 14.3 Å². The Balaban J connectivity index is 2.07. The first-order chi connectivity index (χ1) is 11.6. The van der Waals surface area contributed by atoms with E-state index < -0.39 is 5.97 Å². The smallest absolute Gasteiger partial charge is 0.335 e. The molecule has 116 valence electrons. The Labute approximate surface area is 137 Å². The number of aromatic nitrogens is 1. The summed E-state index contributed by atoms with van der Waals surface area (Å²) in [5.74, 6) is -1.38. The van der Waals surface area contributed by atoms with Crippen molar-refractivity contribution in [2.45, 2.75) is 0 Å². The Morgan fingerprint density at radius 3 is 2.42 bits per heavy atom. The van der Waals surface area contributed by atoms with Crippen LogP contribution in [-0.4, -0.2) is 16.1 Å². The number of rotatable bonds is 3. The number of hydrogen-bond acceptors (Lipinski definition) is 3. The first kappa shape index (κ1) is 15.4. The largest absolute Gasteiger partial charge is 0.478 e. The van der Waals surface area contributed by atoms with Crippen molar-refractivity contribution in [2.24, 2.45) is 0 Å². The van der Waals surface area contributed by atoms with Crippen molar-refractivity contribution in [3.8, 4) is 28.5 Å². The Bertz CT molecular complexity index is 960. The second-order valence-electron chi connectivity index (χ2n) is 5.11. The van der Waals surface area contributed by atoms with Gasteiger partial charge in [-0.1, -0.05) is 24.3 Å². The van der Waals surface area contributed by atoms with Gasteiger partial charge in [0.2, 0.25) is 0 Å². The molecule has 0 aliphatic rings. The minimum Gasteiger partial charge on any atom is -0.478 e. The molecule has 0 atom stereocenters. The van der Waals surface area contributed by atoms with Crippen molar-refractivity contribution in [1.82, 2.24) is 4.98 Å². The number of benzene rings is 2. The summed E-state index contributed by atoms with van der Waals surface area (Å²) in [4.78, 5) is 15.2. The summed E-state index contributed by atoms with van der Waals surface area (Å²) in [5, 5.41) is 18.5. The maximum atomic E-state index is 13.1. The van der Waals surface area contributed by atoms with Crippen molar-refractivity contribution in [2.75, 3.05) is 0 Å². The average molecular weight is 318 g/mol. The molecule has 1 N–H and O–H groups in total. The standard InChI is InChI=1S/C19H11FN2O2/c20-16-4-1-12(2-5-16)17-6-3-13(9-15(17)11-21)18-10-14(19(23)24)7-8-22-18/h1-10H,(H,23,24). The van der Waals surface area contributed by atoms with Gasteiger partial charge in [-0.2, -0.15) is 5.26 Å². The first-order valence-corrected chi connectivity index (χ1v) is 7.08. The molecular formula is C19H11FN2O2. The zero-order chi connectivity index (χ0) is 17.1. The average Bonchev–Trinajstić information content (AvgIpc) is 2.62. The number of aromatic carboxylic acids is 1. The first-order valence-electron chi connectivity index (χ1n) is 7.08. The number of carboxylic acids is 1. The molecule has 0 aliphatic carbocycles. The monoisotopic (exact) mass is 318 g/mol. The number of pyridine rings is 1. The quantitative estimate of drug-likeness (QED) is 0.788. The van der Waals surface area contributed by atoms with Crippen LogP contribution < -0.4 is 0 Å². The molecule has 0 radical (unpaired) electrons.